The lowest BCUT2D eigenvalue weighted by Gasteiger charge is -2.29. The molecule has 0 aliphatic carbocycles. The van der Waals surface area contributed by atoms with Crippen LogP contribution in [0.3, 0.4) is 0 Å². The lowest BCUT2D eigenvalue weighted by molar-refractivity contribution is 0.287. The summed E-state index contributed by atoms with van der Waals surface area (Å²) in [5.74, 6) is 0.583. The number of sulfonamides is 1. The first-order valence-corrected chi connectivity index (χ1v) is 8.90. The van der Waals surface area contributed by atoms with Crippen LogP contribution in [0.4, 0.5) is 0 Å². The van der Waals surface area contributed by atoms with E-state index in [0.29, 0.717) is 30.4 Å². The number of nitrogens with zero attached hydrogens (tertiary/aromatic N) is 3. The number of aromatic nitrogens is 2. The second-order valence-electron chi connectivity index (χ2n) is 5.66. The zero-order chi connectivity index (χ0) is 15.6. The van der Waals surface area contributed by atoms with Gasteiger partial charge in [-0.2, -0.15) is 4.31 Å². The van der Waals surface area contributed by atoms with Crippen LogP contribution in [0.25, 0.3) is 11.4 Å². The minimum atomic E-state index is -3.52. The van der Waals surface area contributed by atoms with Gasteiger partial charge in [0.05, 0.1) is 11.4 Å². The molecule has 6 heteroatoms. The molecule has 2 aromatic rings. The van der Waals surface area contributed by atoms with Gasteiger partial charge in [0.15, 0.2) is 5.03 Å². The Bertz CT molecular complexity index is 739. The minimum Gasteiger partial charge on any atom is -0.255 e. The highest BCUT2D eigenvalue weighted by molar-refractivity contribution is 7.89. The Hall–Kier alpha value is -1.79. The fourth-order valence-electron chi connectivity index (χ4n) is 2.57. The molecule has 5 nitrogen and oxygen atoms in total. The lowest BCUT2D eigenvalue weighted by Crippen LogP contribution is -2.38. The van der Waals surface area contributed by atoms with Gasteiger partial charge in [-0.3, -0.25) is 4.98 Å². The molecule has 1 aliphatic heterocycles. The topological polar surface area (TPSA) is 63.2 Å². The van der Waals surface area contributed by atoms with E-state index in [1.165, 1.54) is 4.31 Å². The van der Waals surface area contributed by atoms with Crippen LogP contribution in [0.15, 0.2) is 47.6 Å². The van der Waals surface area contributed by atoms with Crippen LogP contribution in [0, 0.1) is 5.92 Å². The van der Waals surface area contributed by atoms with Crippen LogP contribution >= 0.6 is 0 Å². The van der Waals surface area contributed by atoms with Gasteiger partial charge in [-0.15, -0.1) is 0 Å². The van der Waals surface area contributed by atoms with E-state index in [0.717, 1.165) is 12.8 Å². The molecule has 0 unspecified atom stereocenters. The number of hydrogen-bond donors (Lipinski definition) is 0. The Morgan fingerprint density at radius 3 is 2.45 bits per heavy atom. The lowest BCUT2D eigenvalue weighted by atomic mass is 10.0. The maximum absolute atomic E-state index is 12.7. The smallest absolute Gasteiger partial charge is 0.255 e. The standard InChI is InChI=1S/C16H19N3O2S/c1-13-8-11-19(12-9-13)22(20,21)16-7-4-6-15(18-16)14-5-2-3-10-17-14/h2-7,10,13H,8-9,11-12H2,1H3. The summed E-state index contributed by atoms with van der Waals surface area (Å²) < 4.78 is 27.0. The van der Waals surface area contributed by atoms with E-state index in [4.69, 9.17) is 0 Å². The summed E-state index contributed by atoms with van der Waals surface area (Å²) >= 11 is 0. The van der Waals surface area contributed by atoms with Crippen LogP contribution in [0.2, 0.25) is 0 Å². The molecule has 3 rings (SSSR count). The number of piperidine rings is 1. The third-order valence-corrected chi connectivity index (χ3v) is 5.80. The molecule has 1 saturated heterocycles. The molecular weight excluding hydrogens is 298 g/mol. The van der Waals surface area contributed by atoms with Crippen LogP contribution in [-0.4, -0.2) is 35.8 Å². The van der Waals surface area contributed by atoms with E-state index in [9.17, 15) is 8.42 Å². The normalized spacial score (nSPS) is 17.5. The fraction of sp³-hybridized carbons (Fsp3) is 0.375. The highest BCUT2D eigenvalue weighted by atomic mass is 32.2. The molecule has 0 radical (unpaired) electrons. The van der Waals surface area contributed by atoms with Crippen molar-refractivity contribution in [3.8, 4) is 11.4 Å². The third kappa shape index (κ3) is 3.03. The summed E-state index contributed by atoms with van der Waals surface area (Å²) in [6.07, 6.45) is 3.47. The second-order valence-corrected chi connectivity index (χ2v) is 7.55. The minimum absolute atomic E-state index is 0.102. The predicted octanol–water partition coefficient (Wildman–Crippen LogP) is 2.56. The molecule has 1 aliphatic rings. The highest BCUT2D eigenvalue weighted by Crippen LogP contribution is 2.24. The Kier molecular flexibility index (Phi) is 4.22. The monoisotopic (exact) mass is 317 g/mol. The van der Waals surface area contributed by atoms with E-state index in [1.54, 1.807) is 24.4 Å². The quantitative estimate of drug-likeness (QED) is 0.873. The van der Waals surface area contributed by atoms with Crippen LogP contribution < -0.4 is 0 Å². The average Bonchev–Trinajstić information content (AvgIpc) is 2.56. The first-order chi connectivity index (χ1) is 10.6. The molecule has 0 saturated carbocycles. The third-order valence-electron chi connectivity index (χ3n) is 4.00. The second kappa shape index (κ2) is 6.14. The molecule has 2 aromatic heterocycles. The van der Waals surface area contributed by atoms with E-state index in [1.807, 2.05) is 18.2 Å². The summed E-state index contributed by atoms with van der Waals surface area (Å²) in [6.45, 7) is 3.29. The van der Waals surface area contributed by atoms with Gasteiger partial charge in [0.25, 0.3) is 10.0 Å². The van der Waals surface area contributed by atoms with Crippen molar-refractivity contribution in [1.82, 2.24) is 14.3 Å². The molecule has 0 amide bonds. The highest BCUT2D eigenvalue weighted by Gasteiger charge is 2.29. The van der Waals surface area contributed by atoms with Crippen LogP contribution in [0.1, 0.15) is 19.8 Å². The number of pyridine rings is 2. The zero-order valence-corrected chi connectivity index (χ0v) is 13.3. The summed E-state index contributed by atoms with van der Waals surface area (Å²) in [5.41, 5.74) is 1.25. The number of rotatable bonds is 3. The van der Waals surface area contributed by atoms with Gasteiger partial charge in [-0.1, -0.05) is 19.1 Å². The van der Waals surface area contributed by atoms with Crippen LogP contribution in [0.5, 0.6) is 0 Å². The molecule has 3 heterocycles. The van der Waals surface area contributed by atoms with Crippen molar-refractivity contribution in [3.63, 3.8) is 0 Å². The van der Waals surface area contributed by atoms with E-state index >= 15 is 0 Å². The van der Waals surface area contributed by atoms with Gasteiger partial charge in [0.1, 0.15) is 0 Å². The van der Waals surface area contributed by atoms with E-state index in [-0.39, 0.29) is 5.03 Å². The largest absolute Gasteiger partial charge is 0.260 e. The van der Waals surface area contributed by atoms with Gasteiger partial charge >= 0.3 is 0 Å². The van der Waals surface area contributed by atoms with Crippen molar-refractivity contribution in [2.24, 2.45) is 5.92 Å². The molecule has 0 aromatic carbocycles. The molecule has 116 valence electrons. The van der Waals surface area contributed by atoms with Gasteiger partial charge in [0, 0.05) is 19.3 Å². The molecule has 1 fully saturated rings. The molecule has 0 spiro atoms. The first kappa shape index (κ1) is 15.1. The summed E-state index contributed by atoms with van der Waals surface area (Å²) in [5, 5.41) is 0.102. The zero-order valence-electron chi connectivity index (χ0n) is 12.5. The summed E-state index contributed by atoms with van der Waals surface area (Å²) in [7, 11) is -3.52. The predicted molar refractivity (Wildman–Crippen MR) is 84.6 cm³/mol. The van der Waals surface area contributed by atoms with Crippen LogP contribution in [-0.2, 0) is 10.0 Å². The Morgan fingerprint density at radius 1 is 1.05 bits per heavy atom. The molecule has 0 atom stereocenters. The summed E-state index contributed by atoms with van der Waals surface area (Å²) in [6, 6.07) is 10.5. The Balaban J connectivity index is 1.91. The maximum atomic E-state index is 12.7. The van der Waals surface area contributed by atoms with Crippen molar-refractivity contribution in [2.45, 2.75) is 24.8 Å². The van der Waals surface area contributed by atoms with E-state index < -0.39 is 10.0 Å². The molecule has 0 bridgehead atoms. The first-order valence-electron chi connectivity index (χ1n) is 7.46. The van der Waals surface area contributed by atoms with Crippen molar-refractivity contribution in [3.05, 3.63) is 42.6 Å². The van der Waals surface area contributed by atoms with Crippen molar-refractivity contribution < 1.29 is 8.42 Å². The van der Waals surface area contributed by atoms with Gasteiger partial charge < -0.3 is 0 Å². The maximum Gasteiger partial charge on any atom is 0.260 e. The fourth-order valence-corrected chi connectivity index (χ4v) is 3.99. The van der Waals surface area contributed by atoms with Crippen molar-refractivity contribution >= 4 is 10.0 Å². The Labute approximate surface area is 131 Å². The molecule has 0 N–H and O–H groups in total. The number of hydrogen-bond acceptors (Lipinski definition) is 4. The van der Waals surface area contributed by atoms with Gasteiger partial charge in [-0.25, -0.2) is 13.4 Å². The summed E-state index contributed by atoms with van der Waals surface area (Å²) in [4.78, 5) is 8.54. The van der Waals surface area contributed by atoms with Gasteiger partial charge in [-0.05, 0) is 43.0 Å². The Morgan fingerprint density at radius 2 is 1.77 bits per heavy atom. The molecular formula is C16H19N3O2S. The molecule has 22 heavy (non-hydrogen) atoms. The van der Waals surface area contributed by atoms with Gasteiger partial charge in [0.2, 0.25) is 0 Å². The van der Waals surface area contributed by atoms with Crippen molar-refractivity contribution in [1.29, 1.82) is 0 Å². The van der Waals surface area contributed by atoms with Crippen molar-refractivity contribution in [2.75, 3.05) is 13.1 Å². The average molecular weight is 317 g/mol. The van der Waals surface area contributed by atoms with E-state index in [2.05, 4.69) is 16.9 Å². The SMILES string of the molecule is CC1CCN(S(=O)(=O)c2cccc(-c3ccccn3)n2)CC1.